The van der Waals surface area contributed by atoms with Gasteiger partial charge < -0.3 is 4.90 Å². The predicted octanol–water partition coefficient (Wildman–Crippen LogP) is 3.27. The fourth-order valence-electron chi connectivity index (χ4n) is 5.72. The lowest BCUT2D eigenvalue weighted by Crippen LogP contribution is -2.33. The third-order valence-electron chi connectivity index (χ3n) is 7.02. The number of amides is 1. The first kappa shape index (κ1) is 19.2. The molecule has 3 atom stereocenters. The van der Waals surface area contributed by atoms with Gasteiger partial charge in [0.1, 0.15) is 0 Å². The molecule has 4 heterocycles. The van der Waals surface area contributed by atoms with Crippen LogP contribution in [0.3, 0.4) is 0 Å². The molecule has 2 fully saturated rings. The Morgan fingerprint density at radius 2 is 1.83 bits per heavy atom. The molecule has 6 heteroatoms. The summed E-state index contributed by atoms with van der Waals surface area (Å²) in [5.41, 5.74) is 5.96. The smallest absolute Gasteiger partial charge is 0.254 e. The van der Waals surface area contributed by atoms with Crippen LogP contribution in [0.25, 0.3) is 11.0 Å². The summed E-state index contributed by atoms with van der Waals surface area (Å²) in [4.78, 5) is 22.8. The highest BCUT2D eigenvalue weighted by molar-refractivity contribution is 6.06. The van der Waals surface area contributed by atoms with Crippen molar-refractivity contribution in [1.82, 2.24) is 24.6 Å². The zero-order chi connectivity index (χ0) is 21.2. The molecule has 0 N–H and O–H groups in total. The lowest BCUT2D eigenvalue weighted by molar-refractivity contribution is 0.0769. The Labute approximate surface area is 177 Å². The van der Waals surface area contributed by atoms with E-state index in [1.165, 1.54) is 11.1 Å². The molecule has 5 rings (SSSR count). The van der Waals surface area contributed by atoms with E-state index >= 15 is 0 Å². The Hall–Kier alpha value is -2.73. The van der Waals surface area contributed by atoms with Crippen molar-refractivity contribution in [2.45, 2.75) is 26.8 Å². The third-order valence-corrected chi connectivity index (χ3v) is 7.02. The Morgan fingerprint density at radius 1 is 1.07 bits per heavy atom. The van der Waals surface area contributed by atoms with Crippen LogP contribution >= 0.6 is 0 Å². The number of likely N-dealkylation sites (tertiary alicyclic amines) is 2. The van der Waals surface area contributed by atoms with Crippen molar-refractivity contribution in [2.24, 2.45) is 18.9 Å². The molecule has 0 bridgehead atoms. The number of hydrogen-bond donors (Lipinski definition) is 0. The van der Waals surface area contributed by atoms with E-state index in [1.807, 2.05) is 27.0 Å². The Balaban J connectivity index is 1.48. The lowest BCUT2D eigenvalue weighted by Gasteiger charge is -2.28. The van der Waals surface area contributed by atoms with Gasteiger partial charge in [0.05, 0.1) is 16.6 Å². The van der Waals surface area contributed by atoms with Gasteiger partial charge in [-0.2, -0.15) is 5.10 Å². The minimum atomic E-state index is 0.113. The van der Waals surface area contributed by atoms with Crippen LogP contribution in [0.5, 0.6) is 0 Å². The van der Waals surface area contributed by atoms with Gasteiger partial charge in [-0.15, -0.1) is 0 Å². The van der Waals surface area contributed by atoms with E-state index < -0.39 is 0 Å². The Morgan fingerprint density at radius 3 is 2.60 bits per heavy atom. The molecule has 2 aliphatic rings. The Kier molecular flexibility index (Phi) is 4.43. The van der Waals surface area contributed by atoms with E-state index in [-0.39, 0.29) is 5.91 Å². The summed E-state index contributed by atoms with van der Waals surface area (Å²) in [7, 11) is 4.11. The topological polar surface area (TPSA) is 54.3 Å². The van der Waals surface area contributed by atoms with E-state index in [0.29, 0.717) is 17.9 Å². The highest BCUT2D eigenvalue weighted by Gasteiger charge is 2.47. The third kappa shape index (κ3) is 2.85. The summed E-state index contributed by atoms with van der Waals surface area (Å²) in [6, 6.07) is 11.0. The maximum atomic E-state index is 13.6. The maximum Gasteiger partial charge on any atom is 0.254 e. The number of rotatable bonds is 2. The molecule has 156 valence electrons. The minimum Gasteiger partial charge on any atom is -0.338 e. The summed E-state index contributed by atoms with van der Waals surface area (Å²) in [5.74, 6) is 1.09. The number of hydrogen-bond acceptors (Lipinski definition) is 4. The highest BCUT2D eigenvalue weighted by Crippen LogP contribution is 2.45. The molecule has 0 unspecified atom stereocenters. The summed E-state index contributed by atoms with van der Waals surface area (Å²) >= 11 is 0. The summed E-state index contributed by atoms with van der Waals surface area (Å²) in [5, 5.41) is 5.39. The van der Waals surface area contributed by atoms with Gasteiger partial charge in [0.2, 0.25) is 0 Å². The van der Waals surface area contributed by atoms with Crippen molar-refractivity contribution in [1.29, 1.82) is 0 Å². The fourth-order valence-corrected chi connectivity index (χ4v) is 5.72. The Bertz CT molecular complexity index is 1150. The van der Waals surface area contributed by atoms with Gasteiger partial charge in [-0.25, -0.2) is 4.98 Å². The maximum absolute atomic E-state index is 13.6. The number of carbonyl (C=O) groups excluding carboxylic acids is 1. The van der Waals surface area contributed by atoms with Crippen LogP contribution in [0.15, 0.2) is 30.3 Å². The molecule has 2 aliphatic heterocycles. The van der Waals surface area contributed by atoms with Gasteiger partial charge in [-0.05, 0) is 50.9 Å². The first-order valence-corrected chi connectivity index (χ1v) is 10.7. The second kappa shape index (κ2) is 6.91. The molecule has 0 spiro atoms. The van der Waals surface area contributed by atoms with Gasteiger partial charge >= 0.3 is 0 Å². The van der Waals surface area contributed by atoms with E-state index in [4.69, 9.17) is 0 Å². The zero-order valence-corrected chi connectivity index (χ0v) is 18.4. The van der Waals surface area contributed by atoms with Gasteiger partial charge in [-0.3, -0.25) is 14.4 Å². The van der Waals surface area contributed by atoms with Gasteiger partial charge in [0.15, 0.2) is 5.65 Å². The highest BCUT2D eigenvalue weighted by atomic mass is 16.2. The first-order valence-electron chi connectivity index (χ1n) is 10.7. The molecule has 2 saturated heterocycles. The molecule has 0 radical (unpaired) electrons. The van der Waals surface area contributed by atoms with Crippen molar-refractivity contribution in [3.63, 3.8) is 0 Å². The molecular weight excluding hydrogens is 374 g/mol. The molecule has 2 aromatic heterocycles. The normalized spacial score (nSPS) is 24.0. The largest absolute Gasteiger partial charge is 0.338 e. The minimum absolute atomic E-state index is 0.113. The van der Waals surface area contributed by atoms with Crippen molar-refractivity contribution in [3.8, 4) is 0 Å². The van der Waals surface area contributed by atoms with Crippen molar-refractivity contribution >= 4 is 16.9 Å². The number of carbonyl (C=O) groups is 1. The van der Waals surface area contributed by atoms with Crippen LogP contribution in [-0.4, -0.2) is 57.2 Å². The predicted molar refractivity (Wildman–Crippen MR) is 117 cm³/mol. The molecule has 30 heavy (non-hydrogen) atoms. The number of pyridine rings is 1. The summed E-state index contributed by atoms with van der Waals surface area (Å²) in [6.07, 6.45) is 0. The van der Waals surface area contributed by atoms with Gasteiger partial charge in [0.25, 0.3) is 5.91 Å². The van der Waals surface area contributed by atoms with Crippen LogP contribution in [0, 0.1) is 32.6 Å². The molecular formula is C24H29N5O. The van der Waals surface area contributed by atoms with Crippen LogP contribution in [0.4, 0.5) is 0 Å². The first-order chi connectivity index (χ1) is 14.3. The monoisotopic (exact) mass is 403 g/mol. The van der Waals surface area contributed by atoms with Crippen molar-refractivity contribution in [3.05, 3.63) is 58.4 Å². The van der Waals surface area contributed by atoms with Crippen molar-refractivity contribution in [2.75, 3.05) is 26.7 Å². The lowest BCUT2D eigenvalue weighted by atomic mass is 9.88. The van der Waals surface area contributed by atoms with Gasteiger partial charge in [-0.1, -0.05) is 24.3 Å². The summed E-state index contributed by atoms with van der Waals surface area (Å²) < 4.78 is 1.77. The number of nitrogens with zero attached hydrogens (tertiary/aromatic N) is 5. The molecule has 6 nitrogen and oxygen atoms in total. The number of aryl methyl sites for hydroxylation is 4. The van der Waals surface area contributed by atoms with Crippen LogP contribution in [0.2, 0.25) is 0 Å². The molecule has 1 amide bonds. The summed E-state index contributed by atoms with van der Waals surface area (Å²) in [6.45, 7) is 8.74. The van der Waals surface area contributed by atoms with E-state index in [1.54, 1.807) is 4.68 Å². The second-order valence-electron chi connectivity index (χ2n) is 9.09. The molecule has 0 saturated carbocycles. The number of aromatic nitrogens is 3. The number of fused-ring (bicyclic) bond motifs is 2. The van der Waals surface area contributed by atoms with Crippen LogP contribution < -0.4 is 0 Å². The van der Waals surface area contributed by atoms with Gasteiger partial charge in [0, 0.05) is 44.3 Å². The molecule has 3 aromatic rings. The zero-order valence-electron chi connectivity index (χ0n) is 18.4. The number of benzene rings is 1. The van der Waals surface area contributed by atoms with Crippen molar-refractivity contribution < 1.29 is 4.79 Å². The van der Waals surface area contributed by atoms with Crippen LogP contribution in [-0.2, 0) is 7.05 Å². The SMILES string of the molecule is Cc1cc(C(=O)N2C[C@@H]3CN(C)[C@H](c4ccccc4C)[C@@H]3C2)c2c(C)nn(C)c2n1. The van der Waals surface area contributed by atoms with E-state index in [2.05, 4.69) is 58.1 Å². The molecule has 0 aliphatic carbocycles. The molecule has 1 aromatic carbocycles. The van der Waals surface area contributed by atoms with Crippen LogP contribution in [0.1, 0.15) is 38.9 Å². The van der Waals surface area contributed by atoms with E-state index in [0.717, 1.165) is 47.6 Å². The average molecular weight is 404 g/mol. The second-order valence-corrected chi connectivity index (χ2v) is 9.09. The average Bonchev–Trinajstić information content (AvgIpc) is 3.32. The van der Waals surface area contributed by atoms with E-state index in [9.17, 15) is 4.79 Å². The standard InChI is InChI=1S/C24H29N5O/c1-14-8-6-7-9-18(14)22-20-13-29(12-17(20)11-27(22)4)24(30)19-10-15(2)25-23-21(19)16(3)26-28(23)5/h6-10,17,20,22H,11-13H2,1-5H3/t17-,20+,22+/m0/s1. The quantitative estimate of drug-likeness (QED) is 0.659. The fraction of sp³-hybridized carbons (Fsp3) is 0.458.